The molecule has 0 radical (unpaired) electrons. The van der Waals surface area contributed by atoms with Gasteiger partial charge in [0.2, 0.25) is 0 Å². The lowest BCUT2D eigenvalue weighted by Crippen LogP contribution is -2.27. The largest absolute Gasteiger partial charge is 0.493 e. The molecule has 0 amide bonds. The van der Waals surface area contributed by atoms with Crippen molar-refractivity contribution < 1.29 is 26.7 Å². The molecule has 23 heavy (non-hydrogen) atoms. The first-order chi connectivity index (χ1) is 10.8. The number of benzene rings is 2. The zero-order valence-corrected chi connectivity index (χ0v) is 13.5. The Morgan fingerprint density at radius 3 is 2.22 bits per heavy atom. The molecule has 2 aromatic carbocycles. The van der Waals surface area contributed by atoms with E-state index in [4.69, 9.17) is 9.47 Å². The SMILES string of the molecule is COc1ccc(N(C)S(=O)(=O)c2cc(F)ccc2F)cc1OC. The minimum Gasteiger partial charge on any atom is -0.493 e. The minimum absolute atomic E-state index is 0.214. The van der Waals surface area contributed by atoms with Crippen molar-refractivity contribution in [2.45, 2.75) is 4.90 Å². The van der Waals surface area contributed by atoms with E-state index >= 15 is 0 Å². The second kappa shape index (κ2) is 6.41. The van der Waals surface area contributed by atoms with Gasteiger partial charge in [0.25, 0.3) is 10.0 Å². The van der Waals surface area contributed by atoms with E-state index < -0.39 is 26.6 Å². The highest BCUT2D eigenvalue weighted by Crippen LogP contribution is 2.33. The van der Waals surface area contributed by atoms with Crippen LogP contribution in [0.5, 0.6) is 11.5 Å². The molecule has 2 rings (SSSR count). The van der Waals surface area contributed by atoms with Crippen LogP contribution in [0.25, 0.3) is 0 Å². The maximum Gasteiger partial charge on any atom is 0.267 e. The molecule has 0 aliphatic rings. The number of nitrogens with zero attached hydrogens (tertiary/aromatic N) is 1. The van der Waals surface area contributed by atoms with E-state index in [9.17, 15) is 17.2 Å². The van der Waals surface area contributed by atoms with Gasteiger partial charge in [0.1, 0.15) is 16.5 Å². The van der Waals surface area contributed by atoms with Gasteiger partial charge in [-0.25, -0.2) is 17.2 Å². The van der Waals surface area contributed by atoms with Crippen molar-refractivity contribution in [1.29, 1.82) is 0 Å². The van der Waals surface area contributed by atoms with Crippen molar-refractivity contribution >= 4 is 15.7 Å². The smallest absolute Gasteiger partial charge is 0.267 e. The summed E-state index contributed by atoms with van der Waals surface area (Å²) < 4.78 is 63.1. The van der Waals surface area contributed by atoms with Crippen molar-refractivity contribution in [2.24, 2.45) is 0 Å². The van der Waals surface area contributed by atoms with E-state index in [1.807, 2.05) is 0 Å². The van der Waals surface area contributed by atoms with E-state index in [1.165, 1.54) is 39.5 Å². The van der Waals surface area contributed by atoms with Gasteiger partial charge in [-0.05, 0) is 30.3 Å². The molecule has 0 heterocycles. The molecule has 0 bridgehead atoms. The first-order valence-electron chi connectivity index (χ1n) is 6.47. The van der Waals surface area contributed by atoms with Crippen LogP contribution in [0.4, 0.5) is 14.5 Å². The summed E-state index contributed by atoms with van der Waals surface area (Å²) in [6.07, 6.45) is 0. The number of hydrogen-bond donors (Lipinski definition) is 0. The molecule has 0 fully saturated rings. The molecule has 0 saturated heterocycles. The average molecular weight is 343 g/mol. The zero-order chi connectivity index (χ0) is 17.2. The monoisotopic (exact) mass is 343 g/mol. The van der Waals surface area contributed by atoms with Crippen molar-refractivity contribution in [3.05, 3.63) is 48.0 Å². The van der Waals surface area contributed by atoms with Crippen LogP contribution < -0.4 is 13.8 Å². The Kier molecular flexibility index (Phi) is 4.74. The number of sulfonamides is 1. The Morgan fingerprint density at radius 1 is 0.957 bits per heavy atom. The Balaban J connectivity index is 2.50. The van der Waals surface area contributed by atoms with E-state index in [-0.39, 0.29) is 5.69 Å². The lowest BCUT2D eigenvalue weighted by Gasteiger charge is -2.21. The Labute approximate surface area is 133 Å². The molecule has 0 aromatic heterocycles. The second-order valence-corrected chi connectivity index (χ2v) is 6.52. The van der Waals surface area contributed by atoms with E-state index in [2.05, 4.69) is 0 Å². The van der Waals surface area contributed by atoms with Gasteiger partial charge >= 0.3 is 0 Å². The lowest BCUT2D eigenvalue weighted by molar-refractivity contribution is 0.355. The normalized spacial score (nSPS) is 11.2. The second-order valence-electron chi connectivity index (χ2n) is 4.59. The Hall–Kier alpha value is -2.35. The highest BCUT2D eigenvalue weighted by molar-refractivity contribution is 7.92. The van der Waals surface area contributed by atoms with Crippen LogP contribution in [0.1, 0.15) is 0 Å². The van der Waals surface area contributed by atoms with E-state index in [0.29, 0.717) is 17.6 Å². The van der Waals surface area contributed by atoms with Crippen molar-refractivity contribution in [1.82, 2.24) is 0 Å². The molecule has 8 heteroatoms. The van der Waals surface area contributed by atoms with Crippen LogP contribution in [-0.4, -0.2) is 29.7 Å². The summed E-state index contributed by atoms with van der Waals surface area (Å²) in [6.45, 7) is 0. The van der Waals surface area contributed by atoms with Crippen LogP contribution in [0.15, 0.2) is 41.3 Å². The fraction of sp³-hybridized carbons (Fsp3) is 0.200. The van der Waals surface area contributed by atoms with Gasteiger partial charge in [-0.1, -0.05) is 0 Å². The number of methoxy groups -OCH3 is 2. The molecule has 0 saturated carbocycles. The predicted octanol–water partition coefficient (Wildman–Crippen LogP) is 2.81. The van der Waals surface area contributed by atoms with E-state index in [1.54, 1.807) is 0 Å². The summed E-state index contributed by atoms with van der Waals surface area (Å²) >= 11 is 0. The molecular weight excluding hydrogens is 328 g/mol. The van der Waals surface area contributed by atoms with Gasteiger partial charge in [-0.2, -0.15) is 0 Å². The zero-order valence-electron chi connectivity index (χ0n) is 12.7. The minimum atomic E-state index is -4.27. The number of halogens is 2. The summed E-state index contributed by atoms with van der Waals surface area (Å²) in [5.41, 5.74) is 0.214. The molecule has 124 valence electrons. The highest BCUT2D eigenvalue weighted by Gasteiger charge is 2.26. The molecule has 0 aliphatic carbocycles. The van der Waals surface area contributed by atoms with Gasteiger partial charge in [0.15, 0.2) is 11.5 Å². The first kappa shape index (κ1) is 17.0. The van der Waals surface area contributed by atoms with Gasteiger partial charge in [-0.15, -0.1) is 0 Å². The highest BCUT2D eigenvalue weighted by atomic mass is 32.2. The van der Waals surface area contributed by atoms with Crippen LogP contribution in [0.2, 0.25) is 0 Å². The maximum absolute atomic E-state index is 13.8. The fourth-order valence-electron chi connectivity index (χ4n) is 1.98. The number of hydrogen-bond acceptors (Lipinski definition) is 4. The molecule has 5 nitrogen and oxygen atoms in total. The number of rotatable bonds is 5. The molecule has 2 aromatic rings. The third-order valence-electron chi connectivity index (χ3n) is 3.26. The maximum atomic E-state index is 13.8. The molecule has 0 aliphatic heterocycles. The topological polar surface area (TPSA) is 55.8 Å². The Bertz CT molecular complexity index is 824. The fourth-order valence-corrected chi connectivity index (χ4v) is 3.24. The van der Waals surface area contributed by atoms with Crippen molar-refractivity contribution in [3.8, 4) is 11.5 Å². The Morgan fingerprint density at radius 2 is 1.61 bits per heavy atom. The molecule has 0 spiro atoms. The van der Waals surface area contributed by atoms with E-state index in [0.717, 1.165) is 16.4 Å². The first-order valence-corrected chi connectivity index (χ1v) is 7.91. The molecular formula is C15H15F2NO4S. The number of anilines is 1. The van der Waals surface area contributed by atoms with Gasteiger partial charge in [-0.3, -0.25) is 4.31 Å². The van der Waals surface area contributed by atoms with Gasteiger partial charge in [0, 0.05) is 13.1 Å². The molecule has 0 atom stereocenters. The van der Waals surface area contributed by atoms with Crippen molar-refractivity contribution in [2.75, 3.05) is 25.6 Å². The summed E-state index contributed by atoms with van der Waals surface area (Å²) in [5, 5.41) is 0. The van der Waals surface area contributed by atoms with Crippen LogP contribution >= 0.6 is 0 Å². The third kappa shape index (κ3) is 3.21. The summed E-state index contributed by atoms with van der Waals surface area (Å²) in [7, 11) is -0.181. The summed E-state index contributed by atoms with van der Waals surface area (Å²) in [6, 6.07) is 6.67. The summed E-state index contributed by atoms with van der Waals surface area (Å²) in [4.78, 5) is -0.741. The lowest BCUT2D eigenvalue weighted by atomic mass is 10.3. The standard InChI is InChI=1S/C15H15F2NO4S/c1-18(11-5-7-13(21-2)14(9-11)22-3)23(19,20)15-8-10(16)4-6-12(15)17/h4-9H,1-3H3. The van der Waals surface area contributed by atoms with Gasteiger partial charge in [0.05, 0.1) is 19.9 Å². The molecule has 0 N–H and O–H groups in total. The number of ether oxygens (including phenoxy) is 2. The summed E-state index contributed by atoms with van der Waals surface area (Å²) in [5.74, 6) is -1.14. The van der Waals surface area contributed by atoms with Crippen LogP contribution in [0, 0.1) is 11.6 Å². The quantitative estimate of drug-likeness (QED) is 0.838. The third-order valence-corrected chi connectivity index (χ3v) is 5.06. The average Bonchev–Trinajstić information content (AvgIpc) is 2.55. The van der Waals surface area contributed by atoms with Crippen LogP contribution in [-0.2, 0) is 10.0 Å². The van der Waals surface area contributed by atoms with Crippen molar-refractivity contribution in [3.63, 3.8) is 0 Å². The van der Waals surface area contributed by atoms with Crippen LogP contribution in [0.3, 0.4) is 0 Å². The predicted molar refractivity (Wildman–Crippen MR) is 81.5 cm³/mol. The molecule has 0 unspecified atom stereocenters. The van der Waals surface area contributed by atoms with Gasteiger partial charge < -0.3 is 9.47 Å².